The first-order valence-corrected chi connectivity index (χ1v) is 15.7. The summed E-state index contributed by atoms with van der Waals surface area (Å²) in [5.74, 6) is -1.67. The molecule has 7 nitrogen and oxygen atoms in total. The van der Waals surface area contributed by atoms with Crippen molar-refractivity contribution in [2.24, 2.45) is 17.8 Å². The summed E-state index contributed by atoms with van der Waals surface area (Å²) in [6, 6.07) is 16.1. The van der Waals surface area contributed by atoms with Gasteiger partial charge in [-0.05, 0) is 36.5 Å². The summed E-state index contributed by atoms with van der Waals surface area (Å²) in [7, 11) is 0. The molecule has 0 aliphatic carbocycles. The van der Waals surface area contributed by atoms with Crippen molar-refractivity contribution < 1.29 is 19.5 Å². The van der Waals surface area contributed by atoms with Crippen molar-refractivity contribution in [3.05, 3.63) is 90.5 Å². The Morgan fingerprint density at radius 1 is 1.10 bits per heavy atom. The van der Waals surface area contributed by atoms with Crippen LogP contribution >= 0.6 is 23.4 Å². The van der Waals surface area contributed by atoms with E-state index < -0.39 is 22.6 Å². The number of carbonyl (C=O) groups excluding carboxylic acids is 3. The average Bonchev–Trinajstić information content (AvgIpc) is 3.58. The lowest BCUT2D eigenvalue weighted by Crippen LogP contribution is -2.57. The van der Waals surface area contributed by atoms with Gasteiger partial charge in [-0.2, -0.15) is 0 Å². The first-order chi connectivity index (χ1) is 20.3. The first-order valence-electron chi connectivity index (χ1n) is 14.5. The highest BCUT2D eigenvalue weighted by Gasteiger charge is 2.76. The van der Waals surface area contributed by atoms with E-state index in [0.29, 0.717) is 30.2 Å². The maximum atomic E-state index is 14.7. The molecule has 3 fully saturated rings. The Morgan fingerprint density at radius 3 is 2.45 bits per heavy atom. The number of hydrogen-bond acceptors (Lipinski definition) is 5. The summed E-state index contributed by atoms with van der Waals surface area (Å²) >= 11 is 8.20. The first kappa shape index (κ1) is 30.4. The van der Waals surface area contributed by atoms with Crippen LogP contribution in [-0.4, -0.2) is 74.9 Å². The highest BCUT2D eigenvalue weighted by atomic mass is 35.5. The Morgan fingerprint density at radius 2 is 1.79 bits per heavy atom. The second-order valence-electron chi connectivity index (χ2n) is 11.3. The van der Waals surface area contributed by atoms with Crippen molar-refractivity contribution in [1.29, 1.82) is 0 Å². The van der Waals surface area contributed by atoms with E-state index in [1.54, 1.807) is 56.8 Å². The molecular weight excluding hydrogens is 570 g/mol. The Bertz CT molecular complexity index is 1360. The van der Waals surface area contributed by atoms with E-state index in [1.165, 1.54) is 0 Å². The molecule has 0 radical (unpaired) electrons. The summed E-state index contributed by atoms with van der Waals surface area (Å²) < 4.78 is -0.776. The largest absolute Gasteiger partial charge is 0.396 e. The molecule has 9 heteroatoms. The molecule has 2 aromatic carbocycles. The van der Waals surface area contributed by atoms with Crippen LogP contribution in [0.1, 0.15) is 25.3 Å². The predicted molar refractivity (Wildman–Crippen MR) is 168 cm³/mol. The van der Waals surface area contributed by atoms with Gasteiger partial charge in [0.1, 0.15) is 6.04 Å². The molecule has 3 saturated heterocycles. The number of hydrogen-bond donors (Lipinski definition) is 1. The average molecular weight is 608 g/mol. The minimum Gasteiger partial charge on any atom is -0.396 e. The van der Waals surface area contributed by atoms with Gasteiger partial charge in [0.25, 0.3) is 5.91 Å². The zero-order chi connectivity index (χ0) is 30.0. The molecule has 0 aromatic heterocycles. The van der Waals surface area contributed by atoms with Crippen LogP contribution in [0.25, 0.3) is 0 Å². The van der Waals surface area contributed by atoms with Gasteiger partial charge in [-0.3, -0.25) is 14.4 Å². The molecule has 3 amide bonds. The number of rotatable bonds is 12. The number of nitrogens with zero attached hydrogens (tertiary/aromatic N) is 3. The fourth-order valence-electron chi connectivity index (χ4n) is 7.22. The number of halogens is 1. The van der Waals surface area contributed by atoms with Crippen LogP contribution in [-0.2, 0) is 20.9 Å². The molecule has 42 heavy (non-hydrogen) atoms. The predicted octanol–water partition coefficient (Wildman–Crippen LogP) is 4.79. The monoisotopic (exact) mass is 607 g/mol. The number of aliphatic hydroxyl groups excluding tert-OH is 1. The second-order valence-corrected chi connectivity index (χ2v) is 13.3. The number of benzene rings is 2. The van der Waals surface area contributed by atoms with Crippen LogP contribution in [0.15, 0.2) is 79.9 Å². The van der Waals surface area contributed by atoms with Gasteiger partial charge < -0.3 is 19.8 Å². The number of para-hydroxylation sites is 1. The molecule has 1 N–H and O–H groups in total. The molecule has 6 atom stereocenters. The van der Waals surface area contributed by atoms with Crippen molar-refractivity contribution in [3.8, 4) is 0 Å². The third-order valence-electron chi connectivity index (χ3n) is 8.92. The van der Waals surface area contributed by atoms with Gasteiger partial charge in [0, 0.05) is 38.0 Å². The molecular formula is C33H38ClN3O4S. The zero-order valence-corrected chi connectivity index (χ0v) is 25.5. The van der Waals surface area contributed by atoms with Gasteiger partial charge in [-0.1, -0.05) is 73.1 Å². The van der Waals surface area contributed by atoms with E-state index in [4.69, 9.17) is 11.6 Å². The van der Waals surface area contributed by atoms with Crippen molar-refractivity contribution >= 4 is 46.8 Å². The van der Waals surface area contributed by atoms with Crippen LogP contribution < -0.4 is 4.90 Å². The number of likely N-dealkylation sites (tertiary alicyclic amines) is 1. The molecule has 2 aromatic rings. The van der Waals surface area contributed by atoms with Gasteiger partial charge in [0.2, 0.25) is 11.8 Å². The molecule has 2 bridgehead atoms. The number of amides is 3. The number of fused-ring (bicyclic) bond motifs is 1. The number of aliphatic hydroxyl groups is 1. The van der Waals surface area contributed by atoms with Gasteiger partial charge in [-0.15, -0.1) is 24.9 Å². The summed E-state index contributed by atoms with van der Waals surface area (Å²) in [5, 5.41) is 10.1. The summed E-state index contributed by atoms with van der Waals surface area (Å²) in [5.41, 5.74) is 1.55. The maximum Gasteiger partial charge on any atom is 0.251 e. The van der Waals surface area contributed by atoms with Gasteiger partial charge in [0.15, 0.2) is 0 Å². The van der Waals surface area contributed by atoms with Crippen LogP contribution in [0.3, 0.4) is 0 Å². The number of carbonyl (C=O) groups is 3. The third kappa shape index (κ3) is 5.07. The topological polar surface area (TPSA) is 81.2 Å². The Hall–Kier alpha value is -3.07. The van der Waals surface area contributed by atoms with Crippen molar-refractivity contribution in [3.63, 3.8) is 0 Å². The van der Waals surface area contributed by atoms with Crippen molar-refractivity contribution in [2.75, 3.05) is 31.1 Å². The number of thioether (sulfide) groups is 1. The molecule has 222 valence electrons. The van der Waals surface area contributed by atoms with E-state index in [-0.39, 0.29) is 48.6 Å². The quantitative estimate of drug-likeness (QED) is 0.351. The van der Waals surface area contributed by atoms with Crippen LogP contribution in [0.4, 0.5) is 5.69 Å². The number of anilines is 1. The highest BCUT2D eigenvalue weighted by Crippen LogP contribution is 2.69. The van der Waals surface area contributed by atoms with E-state index in [9.17, 15) is 19.5 Å². The van der Waals surface area contributed by atoms with E-state index in [1.807, 2.05) is 36.4 Å². The van der Waals surface area contributed by atoms with Crippen molar-refractivity contribution in [2.45, 2.75) is 42.3 Å². The molecule has 3 unspecified atom stereocenters. The summed E-state index contributed by atoms with van der Waals surface area (Å²) in [6.07, 6.45) is 4.44. The van der Waals surface area contributed by atoms with Crippen LogP contribution in [0, 0.1) is 17.8 Å². The third-order valence-corrected chi connectivity index (χ3v) is 11.3. The molecule has 3 aliphatic heterocycles. The van der Waals surface area contributed by atoms with Gasteiger partial charge in [-0.25, -0.2) is 0 Å². The molecule has 1 spiro atoms. The Balaban J connectivity index is 1.55. The van der Waals surface area contributed by atoms with Gasteiger partial charge >= 0.3 is 0 Å². The SMILES string of the molecule is C=CCN(Cc1ccccc1)C(=O)[C@@H]1[C@@H]2CC(C)C3(S2)C(C(=O)N(CC=C)c2ccccc2Cl)N(CCCO)C(=O)[C@H]13. The molecule has 5 rings (SSSR count). The lowest BCUT2D eigenvalue weighted by molar-refractivity contribution is -0.144. The van der Waals surface area contributed by atoms with E-state index >= 15 is 0 Å². The minimum absolute atomic E-state index is 0.0254. The standard InChI is InChI=1S/C33H38ClN3O4S/c1-4-16-35(21-23-12-7-6-8-13-23)30(39)27-26-20-22(3)33(42-26)28(27)31(40)37(18-11-19-38)29(33)32(41)36(17-5-2)25-15-10-9-14-24(25)34/h4-10,12-15,22,26-29,38H,1-2,11,16-21H2,3H3/t22?,26-,27+,28-,29?,33?/m0/s1. The Kier molecular flexibility index (Phi) is 9.16. The van der Waals surface area contributed by atoms with E-state index in [0.717, 1.165) is 12.0 Å². The highest BCUT2D eigenvalue weighted by molar-refractivity contribution is 8.02. The van der Waals surface area contributed by atoms with Crippen LogP contribution in [0.5, 0.6) is 0 Å². The normalized spacial score (nSPS) is 27.5. The molecule has 3 aliphatic rings. The smallest absolute Gasteiger partial charge is 0.251 e. The van der Waals surface area contributed by atoms with E-state index in [2.05, 4.69) is 20.1 Å². The summed E-state index contributed by atoms with van der Waals surface area (Å²) in [6.45, 7) is 11.0. The second kappa shape index (κ2) is 12.7. The van der Waals surface area contributed by atoms with Crippen molar-refractivity contribution in [1.82, 2.24) is 9.80 Å². The zero-order valence-electron chi connectivity index (χ0n) is 23.9. The Labute approximate surface area is 257 Å². The fourth-order valence-corrected chi connectivity index (χ4v) is 9.87. The lowest BCUT2D eigenvalue weighted by Gasteiger charge is -2.41. The molecule has 3 heterocycles. The maximum absolute atomic E-state index is 14.7. The molecule has 0 saturated carbocycles. The fraction of sp³-hybridized carbons (Fsp3) is 0.424. The minimum atomic E-state index is -0.803. The summed E-state index contributed by atoms with van der Waals surface area (Å²) in [4.78, 5) is 48.4. The van der Waals surface area contributed by atoms with Crippen LogP contribution in [0.2, 0.25) is 5.02 Å². The van der Waals surface area contributed by atoms with Gasteiger partial charge in [0.05, 0.1) is 27.3 Å². The lowest BCUT2D eigenvalue weighted by atomic mass is 9.65.